The van der Waals surface area contributed by atoms with Crippen LogP contribution in [0.25, 0.3) is 10.8 Å². The standard InChI is InChI=1S/C25H28BrN3O4S/c1-3-16(12-30)29-21(23(32)28-15-9-8-13-6-4-5-7-14(13)10-15)25-11-17(26)20(34-25)18(22(31)27-2)19(25)24(29)33/h4-10,16-21,30H,3,11-12H2,1-2H3,(H,27,31)(H,28,32)/t16-,17?,18+,19-,20+,21?,25?/m0/s1. The minimum absolute atomic E-state index is 0.0222. The largest absolute Gasteiger partial charge is 0.394 e. The highest BCUT2D eigenvalue weighted by atomic mass is 79.9. The van der Waals surface area contributed by atoms with Gasteiger partial charge in [-0.2, -0.15) is 0 Å². The molecule has 3 aliphatic heterocycles. The van der Waals surface area contributed by atoms with Crippen molar-refractivity contribution >= 4 is 61.9 Å². The Balaban J connectivity index is 1.55. The molecular weight excluding hydrogens is 518 g/mol. The van der Waals surface area contributed by atoms with Crippen molar-refractivity contribution in [3.05, 3.63) is 42.5 Å². The molecule has 3 aliphatic rings. The Morgan fingerprint density at radius 2 is 1.97 bits per heavy atom. The van der Waals surface area contributed by atoms with Crippen molar-refractivity contribution in [3.8, 4) is 0 Å². The number of aliphatic hydroxyl groups is 1. The summed E-state index contributed by atoms with van der Waals surface area (Å²) in [5, 5.41) is 17.9. The quantitative estimate of drug-likeness (QED) is 0.485. The third-order valence-electron chi connectivity index (χ3n) is 7.62. The molecule has 0 aromatic heterocycles. The van der Waals surface area contributed by atoms with Crippen LogP contribution in [0.15, 0.2) is 42.5 Å². The smallest absolute Gasteiger partial charge is 0.248 e. The number of carbonyl (C=O) groups is 3. The second-order valence-electron chi connectivity index (χ2n) is 9.32. The van der Waals surface area contributed by atoms with Gasteiger partial charge in [0.15, 0.2) is 0 Å². The van der Waals surface area contributed by atoms with Gasteiger partial charge in [0.05, 0.1) is 29.2 Å². The van der Waals surface area contributed by atoms with E-state index in [9.17, 15) is 19.5 Å². The number of anilines is 1. The number of halogens is 1. The number of amides is 3. The monoisotopic (exact) mass is 545 g/mol. The third kappa shape index (κ3) is 3.38. The van der Waals surface area contributed by atoms with Crippen LogP contribution in [0.3, 0.4) is 0 Å². The normalized spacial score (nSPS) is 32.6. The molecule has 3 N–H and O–H groups in total. The molecule has 1 spiro atoms. The number of nitrogens with one attached hydrogen (secondary N) is 2. The molecule has 7 nitrogen and oxygen atoms in total. The molecule has 5 rings (SSSR count). The molecule has 3 saturated heterocycles. The van der Waals surface area contributed by atoms with Crippen molar-refractivity contribution in [1.29, 1.82) is 0 Å². The summed E-state index contributed by atoms with van der Waals surface area (Å²) in [7, 11) is 1.58. The van der Waals surface area contributed by atoms with Crippen molar-refractivity contribution < 1.29 is 19.5 Å². The second-order valence-corrected chi connectivity index (χ2v) is 12.0. The lowest BCUT2D eigenvalue weighted by Gasteiger charge is -2.37. The predicted octanol–water partition coefficient (Wildman–Crippen LogP) is 2.76. The zero-order valence-corrected chi connectivity index (χ0v) is 21.4. The van der Waals surface area contributed by atoms with Gasteiger partial charge in [0.1, 0.15) is 6.04 Å². The molecule has 3 amide bonds. The first-order valence-corrected chi connectivity index (χ1v) is 13.4. The first-order valence-electron chi connectivity index (χ1n) is 11.6. The van der Waals surface area contributed by atoms with Gasteiger partial charge >= 0.3 is 0 Å². The van der Waals surface area contributed by atoms with Crippen LogP contribution >= 0.6 is 27.7 Å². The number of thioether (sulfide) groups is 1. The topological polar surface area (TPSA) is 98.7 Å². The van der Waals surface area contributed by atoms with E-state index in [-0.39, 0.29) is 34.4 Å². The van der Waals surface area contributed by atoms with Gasteiger partial charge in [0, 0.05) is 22.8 Å². The summed E-state index contributed by atoms with van der Waals surface area (Å²) in [6, 6.07) is 12.4. The Hall–Kier alpha value is -2.10. The van der Waals surface area contributed by atoms with E-state index < -0.39 is 28.7 Å². The molecule has 7 atom stereocenters. The minimum atomic E-state index is -0.779. The van der Waals surface area contributed by atoms with Crippen LogP contribution in [0.4, 0.5) is 5.69 Å². The number of rotatable bonds is 6. The van der Waals surface area contributed by atoms with Crippen LogP contribution < -0.4 is 10.6 Å². The van der Waals surface area contributed by atoms with E-state index in [4.69, 9.17) is 0 Å². The first-order chi connectivity index (χ1) is 16.4. The van der Waals surface area contributed by atoms with E-state index in [1.165, 1.54) is 0 Å². The fourth-order valence-electron chi connectivity index (χ4n) is 6.12. The Kier molecular flexibility index (Phi) is 6.14. The fourth-order valence-corrected chi connectivity index (χ4v) is 9.72. The Morgan fingerprint density at radius 1 is 1.24 bits per heavy atom. The average molecular weight is 546 g/mol. The number of likely N-dealkylation sites (tertiary alicyclic amines) is 1. The van der Waals surface area contributed by atoms with Gasteiger partial charge in [-0.15, -0.1) is 11.8 Å². The molecule has 0 radical (unpaired) electrons. The van der Waals surface area contributed by atoms with E-state index in [0.29, 0.717) is 18.5 Å². The highest BCUT2D eigenvalue weighted by molar-refractivity contribution is 9.09. The van der Waals surface area contributed by atoms with Crippen molar-refractivity contribution in [1.82, 2.24) is 10.2 Å². The third-order valence-corrected chi connectivity index (χ3v) is 10.8. The molecule has 180 valence electrons. The van der Waals surface area contributed by atoms with E-state index in [0.717, 1.165) is 10.8 Å². The fraction of sp³-hybridized carbons (Fsp3) is 0.480. The van der Waals surface area contributed by atoms with Gasteiger partial charge in [-0.3, -0.25) is 14.4 Å². The van der Waals surface area contributed by atoms with Gasteiger partial charge < -0.3 is 20.6 Å². The molecule has 0 aliphatic carbocycles. The summed E-state index contributed by atoms with van der Waals surface area (Å²) in [5.74, 6) is -1.76. The lowest BCUT2D eigenvalue weighted by Crippen LogP contribution is -2.55. The molecular formula is C25H28BrN3O4S. The minimum Gasteiger partial charge on any atom is -0.394 e. The van der Waals surface area contributed by atoms with Crippen LogP contribution in [-0.2, 0) is 14.4 Å². The van der Waals surface area contributed by atoms with Crippen LogP contribution in [-0.4, -0.2) is 68.3 Å². The summed E-state index contributed by atoms with van der Waals surface area (Å²) in [5.41, 5.74) is 0.656. The van der Waals surface area contributed by atoms with Gasteiger partial charge in [0.25, 0.3) is 0 Å². The van der Waals surface area contributed by atoms with Crippen molar-refractivity contribution in [2.24, 2.45) is 11.8 Å². The molecule has 2 bridgehead atoms. The molecule has 3 heterocycles. The molecule has 34 heavy (non-hydrogen) atoms. The van der Waals surface area contributed by atoms with Gasteiger partial charge in [-0.25, -0.2) is 0 Å². The Morgan fingerprint density at radius 3 is 2.65 bits per heavy atom. The van der Waals surface area contributed by atoms with Gasteiger partial charge in [0.2, 0.25) is 17.7 Å². The summed E-state index contributed by atoms with van der Waals surface area (Å²) in [4.78, 5) is 42.2. The number of hydrogen-bond acceptors (Lipinski definition) is 5. The first kappa shape index (κ1) is 23.6. The summed E-state index contributed by atoms with van der Waals surface area (Å²) >= 11 is 5.33. The molecule has 2 aromatic carbocycles. The molecule has 2 aromatic rings. The number of benzene rings is 2. The summed E-state index contributed by atoms with van der Waals surface area (Å²) in [6.45, 7) is 1.66. The average Bonchev–Trinajstić information content (AvgIpc) is 3.43. The van der Waals surface area contributed by atoms with Crippen LogP contribution in [0.5, 0.6) is 0 Å². The summed E-state index contributed by atoms with van der Waals surface area (Å²) in [6.07, 6.45) is 1.13. The van der Waals surface area contributed by atoms with E-state index in [2.05, 4.69) is 26.6 Å². The van der Waals surface area contributed by atoms with E-state index in [1.54, 1.807) is 23.7 Å². The van der Waals surface area contributed by atoms with Crippen LogP contribution in [0.2, 0.25) is 0 Å². The number of aliphatic hydroxyl groups excluding tert-OH is 1. The van der Waals surface area contributed by atoms with Crippen LogP contribution in [0, 0.1) is 11.8 Å². The highest BCUT2D eigenvalue weighted by Crippen LogP contribution is 2.68. The van der Waals surface area contributed by atoms with Crippen molar-refractivity contribution in [2.45, 2.75) is 46.7 Å². The van der Waals surface area contributed by atoms with Crippen molar-refractivity contribution in [3.63, 3.8) is 0 Å². The maximum absolute atomic E-state index is 13.9. The summed E-state index contributed by atoms with van der Waals surface area (Å²) < 4.78 is -0.726. The van der Waals surface area contributed by atoms with E-state index in [1.807, 2.05) is 49.4 Å². The van der Waals surface area contributed by atoms with Gasteiger partial charge in [-0.05, 0) is 35.7 Å². The lowest BCUT2D eigenvalue weighted by molar-refractivity contribution is -0.142. The highest BCUT2D eigenvalue weighted by Gasteiger charge is 2.76. The lowest BCUT2D eigenvalue weighted by atomic mass is 9.70. The number of carbonyl (C=O) groups excluding carboxylic acids is 3. The zero-order valence-electron chi connectivity index (χ0n) is 19.0. The molecule has 3 fully saturated rings. The van der Waals surface area contributed by atoms with Gasteiger partial charge in [-0.1, -0.05) is 53.2 Å². The van der Waals surface area contributed by atoms with Crippen LogP contribution in [0.1, 0.15) is 19.8 Å². The SMILES string of the molecule is CC[C@@H](CO)N1C(=O)[C@@H]2[C@@H](C(=O)NC)[C@@H]3SC2(CC3Br)C1C(=O)Nc1ccc2ccccc2c1. The Labute approximate surface area is 211 Å². The van der Waals surface area contributed by atoms with Crippen molar-refractivity contribution in [2.75, 3.05) is 19.0 Å². The van der Waals surface area contributed by atoms with E-state index >= 15 is 0 Å². The predicted molar refractivity (Wildman–Crippen MR) is 137 cm³/mol. The molecule has 9 heteroatoms. The zero-order chi connectivity index (χ0) is 24.2. The second kappa shape index (κ2) is 8.84. The molecule has 3 unspecified atom stereocenters. The number of fused-ring (bicyclic) bond motifs is 2. The number of nitrogens with zero attached hydrogens (tertiary/aromatic N) is 1. The number of alkyl halides is 1. The maximum Gasteiger partial charge on any atom is 0.248 e. The number of hydrogen-bond donors (Lipinski definition) is 3. The Bertz CT molecular complexity index is 1160. The molecule has 0 saturated carbocycles. The maximum atomic E-state index is 13.9.